The summed E-state index contributed by atoms with van der Waals surface area (Å²) >= 11 is 1.91. The third-order valence-electron chi connectivity index (χ3n) is 4.32. The number of nitrogens with two attached hydrogens (primary N) is 1. The lowest BCUT2D eigenvalue weighted by Crippen LogP contribution is -2.61. The van der Waals surface area contributed by atoms with Crippen LogP contribution in [-0.4, -0.2) is 23.5 Å². The molecule has 2 heterocycles. The minimum atomic E-state index is 0.332. The molecule has 1 fully saturated rings. The van der Waals surface area contributed by atoms with Gasteiger partial charge in [0.15, 0.2) is 0 Å². The predicted molar refractivity (Wildman–Crippen MR) is 68.6 cm³/mol. The van der Waals surface area contributed by atoms with Crippen molar-refractivity contribution in [3.8, 4) is 0 Å². The Balaban J connectivity index is 1.78. The molecular formula is C13H20N2S. The topological polar surface area (TPSA) is 29.3 Å². The van der Waals surface area contributed by atoms with Crippen molar-refractivity contribution in [3.05, 3.63) is 21.9 Å². The molecule has 3 heteroatoms. The summed E-state index contributed by atoms with van der Waals surface area (Å²) in [5, 5.41) is 2.23. The van der Waals surface area contributed by atoms with Gasteiger partial charge in [-0.05, 0) is 42.2 Å². The van der Waals surface area contributed by atoms with Crippen LogP contribution in [0.25, 0.3) is 0 Å². The van der Waals surface area contributed by atoms with Crippen LogP contribution >= 0.6 is 11.3 Å². The van der Waals surface area contributed by atoms with Crippen LogP contribution in [0.4, 0.5) is 0 Å². The van der Waals surface area contributed by atoms with Gasteiger partial charge in [-0.2, -0.15) is 0 Å². The second-order valence-electron chi connectivity index (χ2n) is 5.48. The van der Waals surface area contributed by atoms with Crippen LogP contribution < -0.4 is 5.73 Å². The lowest BCUT2D eigenvalue weighted by Gasteiger charge is -2.54. The van der Waals surface area contributed by atoms with Crippen molar-refractivity contribution in [2.75, 3.05) is 13.1 Å². The number of hydrogen-bond donors (Lipinski definition) is 1. The maximum atomic E-state index is 6.02. The van der Waals surface area contributed by atoms with Gasteiger partial charge in [-0.3, -0.25) is 4.90 Å². The van der Waals surface area contributed by atoms with E-state index in [2.05, 4.69) is 23.3 Å². The molecule has 1 saturated carbocycles. The number of thiophene rings is 1. The fraction of sp³-hybridized carbons (Fsp3) is 0.692. The molecular weight excluding hydrogens is 216 g/mol. The van der Waals surface area contributed by atoms with Gasteiger partial charge in [0.25, 0.3) is 0 Å². The molecule has 0 radical (unpaired) electrons. The lowest BCUT2D eigenvalue weighted by atomic mass is 9.67. The van der Waals surface area contributed by atoms with Gasteiger partial charge in [-0.1, -0.05) is 6.92 Å². The van der Waals surface area contributed by atoms with E-state index in [9.17, 15) is 0 Å². The minimum Gasteiger partial charge on any atom is -0.329 e. The molecule has 0 amide bonds. The van der Waals surface area contributed by atoms with Gasteiger partial charge in [-0.15, -0.1) is 11.3 Å². The van der Waals surface area contributed by atoms with E-state index in [1.165, 1.54) is 25.8 Å². The molecule has 0 spiro atoms. The molecule has 1 aliphatic carbocycles. The normalized spacial score (nSPS) is 34.5. The fourth-order valence-corrected chi connectivity index (χ4v) is 4.33. The molecule has 3 rings (SSSR count). The number of fused-ring (bicyclic) bond motifs is 1. The Bertz CT molecular complexity index is 379. The van der Waals surface area contributed by atoms with Crippen LogP contribution in [0, 0.1) is 5.92 Å². The molecule has 0 bridgehead atoms. The molecule has 0 aromatic carbocycles. The summed E-state index contributed by atoms with van der Waals surface area (Å²) in [6, 6.07) is 2.29. The second kappa shape index (κ2) is 3.83. The smallest absolute Gasteiger partial charge is 0.0340 e. The summed E-state index contributed by atoms with van der Waals surface area (Å²) in [4.78, 5) is 4.23. The lowest BCUT2D eigenvalue weighted by molar-refractivity contribution is -0.0216. The summed E-state index contributed by atoms with van der Waals surface area (Å²) < 4.78 is 0. The highest BCUT2D eigenvalue weighted by Crippen LogP contribution is 2.43. The van der Waals surface area contributed by atoms with Crippen molar-refractivity contribution in [3.63, 3.8) is 0 Å². The van der Waals surface area contributed by atoms with Gasteiger partial charge in [0.2, 0.25) is 0 Å². The van der Waals surface area contributed by atoms with Gasteiger partial charge >= 0.3 is 0 Å². The highest BCUT2D eigenvalue weighted by Gasteiger charge is 2.46. The first-order chi connectivity index (χ1) is 7.73. The average molecular weight is 236 g/mol. The van der Waals surface area contributed by atoms with E-state index in [0.29, 0.717) is 5.54 Å². The largest absolute Gasteiger partial charge is 0.329 e. The summed E-state index contributed by atoms with van der Waals surface area (Å²) in [5.41, 5.74) is 7.90. The van der Waals surface area contributed by atoms with Crippen LogP contribution in [-0.2, 0) is 13.0 Å². The Morgan fingerprint density at radius 1 is 1.56 bits per heavy atom. The second-order valence-corrected chi connectivity index (χ2v) is 6.48. The Hall–Kier alpha value is -0.380. The van der Waals surface area contributed by atoms with Crippen LogP contribution in [0.3, 0.4) is 0 Å². The first kappa shape index (κ1) is 10.8. The van der Waals surface area contributed by atoms with Gasteiger partial charge in [0, 0.05) is 30.1 Å². The van der Waals surface area contributed by atoms with Crippen molar-refractivity contribution in [1.29, 1.82) is 0 Å². The molecule has 88 valence electrons. The van der Waals surface area contributed by atoms with Crippen molar-refractivity contribution in [2.45, 2.75) is 38.3 Å². The maximum Gasteiger partial charge on any atom is 0.0340 e. The molecule has 0 atom stereocenters. The van der Waals surface area contributed by atoms with E-state index in [1.807, 2.05) is 11.3 Å². The van der Waals surface area contributed by atoms with Gasteiger partial charge < -0.3 is 5.73 Å². The molecule has 2 aliphatic rings. The highest BCUT2D eigenvalue weighted by molar-refractivity contribution is 7.10. The maximum absolute atomic E-state index is 6.02. The molecule has 2 nitrogen and oxygen atoms in total. The number of rotatable bonds is 2. The van der Waals surface area contributed by atoms with E-state index in [1.54, 1.807) is 10.4 Å². The van der Waals surface area contributed by atoms with Crippen LogP contribution in [0.2, 0.25) is 0 Å². The Morgan fingerprint density at radius 2 is 2.38 bits per heavy atom. The van der Waals surface area contributed by atoms with Crippen molar-refractivity contribution < 1.29 is 0 Å². The summed E-state index contributed by atoms with van der Waals surface area (Å²) in [6.07, 6.45) is 3.81. The highest BCUT2D eigenvalue weighted by atomic mass is 32.1. The zero-order valence-electron chi connectivity index (χ0n) is 9.91. The van der Waals surface area contributed by atoms with Crippen LogP contribution in [0.15, 0.2) is 11.4 Å². The third kappa shape index (κ3) is 1.53. The average Bonchev–Trinajstić information content (AvgIpc) is 2.71. The number of hydrogen-bond acceptors (Lipinski definition) is 3. The molecule has 0 unspecified atom stereocenters. The summed E-state index contributed by atoms with van der Waals surface area (Å²) in [5.74, 6) is 0.868. The van der Waals surface area contributed by atoms with E-state index in [0.717, 1.165) is 19.0 Å². The van der Waals surface area contributed by atoms with E-state index in [4.69, 9.17) is 5.73 Å². The van der Waals surface area contributed by atoms with E-state index in [-0.39, 0.29) is 0 Å². The molecule has 16 heavy (non-hydrogen) atoms. The molecule has 1 aromatic heterocycles. The monoisotopic (exact) mass is 236 g/mol. The quantitative estimate of drug-likeness (QED) is 0.853. The summed E-state index contributed by atoms with van der Waals surface area (Å²) in [6.45, 7) is 5.50. The standard InChI is InChI=1S/C13H20N2S/c1-10-6-13(7-10,9-14)15-4-2-12-11(8-15)3-5-16-12/h3,5,10H,2,4,6-9,14H2,1H3. The third-order valence-corrected chi connectivity index (χ3v) is 5.34. The SMILES string of the molecule is CC1CC(CN)(N2CCc3sccc3C2)C1. The van der Waals surface area contributed by atoms with Crippen molar-refractivity contribution in [1.82, 2.24) is 4.90 Å². The Morgan fingerprint density at radius 3 is 3.06 bits per heavy atom. The first-order valence-corrected chi connectivity index (χ1v) is 7.12. The van der Waals surface area contributed by atoms with E-state index >= 15 is 0 Å². The molecule has 1 aliphatic heterocycles. The zero-order valence-corrected chi connectivity index (χ0v) is 10.7. The predicted octanol–water partition coefficient (Wildman–Crippen LogP) is 2.23. The molecule has 1 aromatic rings. The van der Waals surface area contributed by atoms with Crippen molar-refractivity contribution >= 4 is 11.3 Å². The zero-order chi connectivity index (χ0) is 11.2. The van der Waals surface area contributed by atoms with Crippen LogP contribution in [0.5, 0.6) is 0 Å². The first-order valence-electron chi connectivity index (χ1n) is 6.24. The van der Waals surface area contributed by atoms with Crippen LogP contribution in [0.1, 0.15) is 30.2 Å². The van der Waals surface area contributed by atoms with E-state index < -0.39 is 0 Å². The molecule has 2 N–H and O–H groups in total. The van der Waals surface area contributed by atoms with Crippen molar-refractivity contribution in [2.24, 2.45) is 11.7 Å². The molecule has 0 saturated heterocycles. The van der Waals surface area contributed by atoms with Gasteiger partial charge in [0.05, 0.1) is 0 Å². The minimum absolute atomic E-state index is 0.332. The van der Waals surface area contributed by atoms with Gasteiger partial charge in [-0.25, -0.2) is 0 Å². The fourth-order valence-electron chi connectivity index (χ4n) is 3.44. The number of nitrogens with zero attached hydrogens (tertiary/aromatic N) is 1. The Labute approximate surface area is 101 Å². The van der Waals surface area contributed by atoms with Gasteiger partial charge in [0.1, 0.15) is 0 Å². The summed E-state index contributed by atoms with van der Waals surface area (Å²) in [7, 11) is 0. The Kier molecular flexibility index (Phi) is 2.57.